The summed E-state index contributed by atoms with van der Waals surface area (Å²) < 4.78 is 12.6. The highest BCUT2D eigenvalue weighted by Gasteiger charge is 2.21. The van der Waals surface area contributed by atoms with Crippen molar-refractivity contribution < 1.29 is 9.47 Å². The van der Waals surface area contributed by atoms with Crippen molar-refractivity contribution in [2.75, 3.05) is 26.1 Å². The SMILES string of the molecule is COc1ccc2nc(N)n(CCOCC3CC3)c2n1. The van der Waals surface area contributed by atoms with Gasteiger partial charge in [0.25, 0.3) is 0 Å². The van der Waals surface area contributed by atoms with Crippen molar-refractivity contribution in [3.05, 3.63) is 12.1 Å². The number of methoxy groups -OCH3 is 1. The Bertz CT molecular complexity index is 577. The minimum Gasteiger partial charge on any atom is -0.481 e. The summed E-state index contributed by atoms with van der Waals surface area (Å²) in [6.07, 6.45) is 2.60. The van der Waals surface area contributed by atoms with Gasteiger partial charge in [0.1, 0.15) is 5.52 Å². The van der Waals surface area contributed by atoms with Crippen LogP contribution in [-0.2, 0) is 11.3 Å². The normalized spacial score (nSPS) is 15.0. The van der Waals surface area contributed by atoms with Crippen LogP contribution in [0.2, 0.25) is 0 Å². The van der Waals surface area contributed by atoms with Gasteiger partial charge in [-0.25, -0.2) is 4.98 Å². The lowest BCUT2D eigenvalue weighted by Crippen LogP contribution is -2.10. The molecular weight excluding hydrogens is 244 g/mol. The third-order valence-corrected chi connectivity index (χ3v) is 3.32. The molecule has 1 saturated carbocycles. The van der Waals surface area contributed by atoms with Crippen molar-refractivity contribution in [2.45, 2.75) is 19.4 Å². The van der Waals surface area contributed by atoms with Gasteiger partial charge in [-0.2, -0.15) is 4.98 Å². The Hall–Kier alpha value is -1.82. The first-order valence-electron chi connectivity index (χ1n) is 6.52. The highest BCUT2D eigenvalue weighted by molar-refractivity contribution is 5.74. The van der Waals surface area contributed by atoms with E-state index in [0.717, 1.165) is 23.7 Å². The number of hydrogen-bond acceptors (Lipinski definition) is 5. The monoisotopic (exact) mass is 262 g/mol. The molecule has 2 N–H and O–H groups in total. The second kappa shape index (κ2) is 5.05. The van der Waals surface area contributed by atoms with Crippen molar-refractivity contribution in [1.29, 1.82) is 0 Å². The molecule has 0 saturated heterocycles. The van der Waals surface area contributed by atoms with E-state index in [2.05, 4.69) is 9.97 Å². The summed E-state index contributed by atoms with van der Waals surface area (Å²) in [6, 6.07) is 3.64. The fourth-order valence-electron chi connectivity index (χ4n) is 2.03. The van der Waals surface area contributed by atoms with Gasteiger partial charge in [0.2, 0.25) is 11.8 Å². The van der Waals surface area contributed by atoms with Gasteiger partial charge in [-0.05, 0) is 24.8 Å². The van der Waals surface area contributed by atoms with Crippen LogP contribution in [0.4, 0.5) is 5.95 Å². The minimum atomic E-state index is 0.464. The summed E-state index contributed by atoms with van der Waals surface area (Å²) in [7, 11) is 1.59. The van der Waals surface area contributed by atoms with Crippen LogP contribution in [0.1, 0.15) is 12.8 Å². The molecular formula is C13H18N4O2. The zero-order chi connectivity index (χ0) is 13.2. The van der Waals surface area contributed by atoms with Gasteiger partial charge in [-0.3, -0.25) is 4.57 Å². The molecule has 2 heterocycles. The fraction of sp³-hybridized carbons (Fsp3) is 0.538. The van der Waals surface area contributed by atoms with Gasteiger partial charge < -0.3 is 15.2 Å². The molecule has 0 amide bonds. The van der Waals surface area contributed by atoms with Crippen molar-refractivity contribution in [3.8, 4) is 5.88 Å². The molecule has 1 fully saturated rings. The quantitative estimate of drug-likeness (QED) is 0.797. The Morgan fingerprint density at radius 2 is 2.21 bits per heavy atom. The first kappa shape index (κ1) is 12.2. The van der Waals surface area contributed by atoms with E-state index in [1.165, 1.54) is 12.8 Å². The Morgan fingerprint density at radius 1 is 1.37 bits per heavy atom. The van der Waals surface area contributed by atoms with Crippen molar-refractivity contribution in [3.63, 3.8) is 0 Å². The molecule has 6 nitrogen and oxygen atoms in total. The molecule has 0 radical (unpaired) electrons. The number of fused-ring (bicyclic) bond motifs is 1. The zero-order valence-electron chi connectivity index (χ0n) is 11.0. The molecule has 19 heavy (non-hydrogen) atoms. The van der Waals surface area contributed by atoms with E-state index in [0.29, 0.717) is 25.0 Å². The summed E-state index contributed by atoms with van der Waals surface area (Å²) in [4.78, 5) is 8.67. The van der Waals surface area contributed by atoms with Crippen LogP contribution in [-0.4, -0.2) is 34.9 Å². The second-order valence-corrected chi connectivity index (χ2v) is 4.84. The van der Waals surface area contributed by atoms with E-state index in [-0.39, 0.29) is 0 Å². The highest BCUT2D eigenvalue weighted by atomic mass is 16.5. The molecule has 0 bridgehead atoms. The number of hydrogen-bond donors (Lipinski definition) is 1. The number of nitrogen functional groups attached to an aromatic ring is 1. The van der Waals surface area contributed by atoms with Crippen molar-refractivity contribution in [2.24, 2.45) is 5.92 Å². The molecule has 0 spiro atoms. The molecule has 0 aliphatic heterocycles. The molecule has 6 heteroatoms. The average Bonchev–Trinajstić information content (AvgIpc) is 3.18. The number of anilines is 1. The molecule has 102 valence electrons. The number of aromatic nitrogens is 3. The lowest BCUT2D eigenvalue weighted by Gasteiger charge is -2.07. The van der Waals surface area contributed by atoms with Gasteiger partial charge in [0.15, 0.2) is 5.65 Å². The molecule has 3 rings (SSSR count). The first-order chi connectivity index (χ1) is 9.28. The molecule has 2 aromatic heterocycles. The third kappa shape index (κ3) is 2.63. The van der Waals surface area contributed by atoms with Crippen molar-refractivity contribution in [1.82, 2.24) is 14.5 Å². The van der Waals surface area contributed by atoms with Crippen LogP contribution in [0, 0.1) is 5.92 Å². The highest BCUT2D eigenvalue weighted by Crippen LogP contribution is 2.28. The maximum atomic E-state index is 5.91. The molecule has 0 unspecified atom stereocenters. The Kier molecular flexibility index (Phi) is 3.25. The van der Waals surface area contributed by atoms with Crippen LogP contribution < -0.4 is 10.5 Å². The predicted molar refractivity (Wildman–Crippen MR) is 72.0 cm³/mol. The maximum Gasteiger partial charge on any atom is 0.215 e. The van der Waals surface area contributed by atoms with E-state index in [9.17, 15) is 0 Å². The molecule has 1 aliphatic carbocycles. The second-order valence-electron chi connectivity index (χ2n) is 4.84. The van der Waals surface area contributed by atoms with E-state index in [4.69, 9.17) is 15.2 Å². The minimum absolute atomic E-state index is 0.464. The molecule has 2 aromatic rings. The number of nitrogens with two attached hydrogens (primary N) is 1. The first-order valence-corrected chi connectivity index (χ1v) is 6.52. The predicted octanol–water partition coefficient (Wildman–Crippen LogP) is 1.45. The van der Waals surface area contributed by atoms with E-state index in [1.54, 1.807) is 13.2 Å². The summed E-state index contributed by atoms with van der Waals surface area (Å²) in [5, 5.41) is 0. The largest absolute Gasteiger partial charge is 0.481 e. The Balaban J connectivity index is 1.73. The molecule has 0 atom stereocenters. The third-order valence-electron chi connectivity index (χ3n) is 3.32. The van der Waals surface area contributed by atoms with Crippen molar-refractivity contribution >= 4 is 17.1 Å². The molecule has 1 aliphatic rings. The summed E-state index contributed by atoms with van der Waals surface area (Å²) in [5.74, 6) is 1.80. The average molecular weight is 262 g/mol. The van der Waals surface area contributed by atoms with E-state index < -0.39 is 0 Å². The Morgan fingerprint density at radius 3 is 2.95 bits per heavy atom. The van der Waals surface area contributed by atoms with Gasteiger partial charge in [0, 0.05) is 12.7 Å². The topological polar surface area (TPSA) is 75.2 Å². The fourth-order valence-corrected chi connectivity index (χ4v) is 2.03. The van der Waals surface area contributed by atoms with Crippen LogP contribution in [0.15, 0.2) is 12.1 Å². The number of rotatable bonds is 6. The van der Waals surface area contributed by atoms with Gasteiger partial charge >= 0.3 is 0 Å². The Labute approximate surface area is 111 Å². The number of imidazole rings is 1. The van der Waals surface area contributed by atoms with Gasteiger partial charge in [-0.1, -0.05) is 0 Å². The summed E-state index contributed by atoms with van der Waals surface area (Å²) in [5.41, 5.74) is 7.44. The lowest BCUT2D eigenvalue weighted by molar-refractivity contribution is 0.118. The maximum absolute atomic E-state index is 5.91. The lowest BCUT2D eigenvalue weighted by atomic mass is 10.4. The van der Waals surface area contributed by atoms with E-state index in [1.807, 2.05) is 10.6 Å². The van der Waals surface area contributed by atoms with Crippen LogP contribution >= 0.6 is 0 Å². The van der Waals surface area contributed by atoms with E-state index >= 15 is 0 Å². The van der Waals surface area contributed by atoms with Gasteiger partial charge in [0.05, 0.1) is 20.3 Å². The standard InChI is InChI=1S/C13H18N4O2/c1-18-11-5-4-10-12(16-11)17(13(14)15-10)6-7-19-8-9-2-3-9/h4-5,9H,2-3,6-8H2,1H3,(H2,14,15). The number of ether oxygens (including phenoxy) is 2. The van der Waals surface area contributed by atoms with Crippen LogP contribution in [0.3, 0.4) is 0 Å². The smallest absolute Gasteiger partial charge is 0.215 e. The number of nitrogens with zero attached hydrogens (tertiary/aromatic N) is 3. The van der Waals surface area contributed by atoms with Gasteiger partial charge in [-0.15, -0.1) is 0 Å². The summed E-state index contributed by atoms with van der Waals surface area (Å²) in [6.45, 7) is 2.14. The number of pyridine rings is 1. The van der Waals surface area contributed by atoms with Crippen LogP contribution in [0.25, 0.3) is 11.2 Å². The van der Waals surface area contributed by atoms with Crippen LogP contribution in [0.5, 0.6) is 5.88 Å². The molecule has 0 aromatic carbocycles. The zero-order valence-corrected chi connectivity index (χ0v) is 11.0. The summed E-state index contributed by atoms with van der Waals surface area (Å²) >= 11 is 0.